The van der Waals surface area contributed by atoms with Crippen molar-refractivity contribution in [3.05, 3.63) is 11.6 Å². The Morgan fingerprint density at radius 3 is 2.33 bits per heavy atom. The maximum Gasteiger partial charge on any atom is 0.315 e. The highest BCUT2D eigenvalue weighted by Crippen LogP contribution is 2.75. The molecule has 6 heteroatoms. The molecule has 224 valence electrons. The quantitative estimate of drug-likeness (QED) is 0.412. The average molecular weight is 556 g/mol. The van der Waals surface area contributed by atoms with Gasteiger partial charge in [-0.3, -0.25) is 14.4 Å². The summed E-state index contributed by atoms with van der Waals surface area (Å²) in [6, 6.07) is 0. The third kappa shape index (κ3) is 3.86. The Hall–Kier alpha value is -1.69. The number of carbonyl (C=O) groups is 3. The van der Waals surface area contributed by atoms with Crippen LogP contribution >= 0.6 is 0 Å². The third-order valence-electron chi connectivity index (χ3n) is 13.8. The molecule has 6 nitrogen and oxygen atoms in total. The number of hydrogen-bond acceptors (Lipinski definition) is 6. The van der Waals surface area contributed by atoms with E-state index in [2.05, 4.69) is 47.6 Å². The van der Waals surface area contributed by atoms with E-state index in [9.17, 15) is 14.4 Å². The molecule has 0 heterocycles. The highest BCUT2D eigenvalue weighted by Gasteiger charge is 2.72. The van der Waals surface area contributed by atoms with Gasteiger partial charge in [-0.05, 0) is 110 Å². The first kappa shape index (κ1) is 29.8. The van der Waals surface area contributed by atoms with E-state index < -0.39 is 16.9 Å². The van der Waals surface area contributed by atoms with Gasteiger partial charge in [0, 0.05) is 19.4 Å². The van der Waals surface area contributed by atoms with Gasteiger partial charge in [-0.1, -0.05) is 47.1 Å². The summed E-state index contributed by atoms with van der Waals surface area (Å²) in [7, 11) is 0. The molecule has 0 radical (unpaired) electrons. The van der Waals surface area contributed by atoms with E-state index in [1.54, 1.807) is 0 Å². The van der Waals surface area contributed by atoms with Gasteiger partial charge in [0.05, 0.1) is 0 Å². The Balaban J connectivity index is 1.60. The zero-order chi connectivity index (χ0) is 29.5. The minimum absolute atomic E-state index is 0.0573. The molecule has 5 rings (SSSR count). The van der Waals surface area contributed by atoms with E-state index in [1.165, 1.54) is 31.8 Å². The van der Waals surface area contributed by atoms with Gasteiger partial charge in [0.15, 0.2) is 5.78 Å². The summed E-state index contributed by atoms with van der Waals surface area (Å²) in [5.74, 6) is 0.852. The van der Waals surface area contributed by atoms with Crippen LogP contribution < -0.4 is 5.73 Å². The number of esters is 2. The van der Waals surface area contributed by atoms with Crippen LogP contribution in [-0.4, -0.2) is 37.0 Å². The highest BCUT2D eigenvalue weighted by molar-refractivity contribution is 5.96. The van der Waals surface area contributed by atoms with Crippen LogP contribution in [0.1, 0.15) is 107 Å². The average Bonchev–Trinajstić information content (AvgIpc) is 2.88. The molecular formula is C34H53NO5. The van der Waals surface area contributed by atoms with Crippen LogP contribution in [0.5, 0.6) is 0 Å². The zero-order valence-corrected chi connectivity index (χ0v) is 26.2. The molecule has 2 N–H and O–H groups in total. The lowest BCUT2D eigenvalue weighted by Crippen LogP contribution is -2.68. The Morgan fingerprint density at radius 1 is 0.975 bits per heavy atom. The van der Waals surface area contributed by atoms with Crippen molar-refractivity contribution in [1.82, 2.24) is 0 Å². The number of hydrogen-bond donors (Lipinski definition) is 1. The Bertz CT molecular complexity index is 1120. The van der Waals surface area contributed by atoms with Gasteiger partial charge in [-0.2, -0.15) is 0 Å². The van der Waals surface area contributed by atoms with Crippen molar-refractivity contribution in [3.8, 4) is 0 Å². The molecule has 0 bridgehead atoms. The number of ketones is 1. The zero-order valence-electron chi connectivity index (χ0n) is 26.2. The van der Waals surface area contributed by atoms with E-state index in [1.807, 2.05) is 6.92 Å². The van der Waals surface area contributed by atoms with Gasteiger partial charge < -0.3 is 15.2 Å². The van der Waals surface area contributed by atoms with Crippen molar-refractivity contribution in [2.45, 2.75) is 113 Å². The number of nitrogens with two attached hydrogens (primary N) is 1. The van der Waals surface area contributed by atoms with E-state index in [0.717, 1.165) is 25.7 Å². The molecule has 11 atom stereocenters. The fourth-order valence-electron chi connectivity index (χ4n) is 11.3. The van der Waals surface area contributed by atoms with Gasteiger partial charge in [-0.15, -0.1) is 0 Å². The lowest BCUT2D eigenvalue weighted by molar-refractivity contribution is -0.223. The normalized spacial score (nSPS) is 49.9. The van der Waals surface area contributed by atoms with E-state index >= 15 is 0 Å². The smallest absolute Gasteiger partial charge is 0.315 e. The Labute approximate surface area is 241 Å². The molecule has 0 aromatic rings. The summed E-state index contributed by atoms with van der Waals surface area (Å²) >= 11 is 0. The fraction of sp³-hybridized carbons (Fsp3) is 0.853. The van der Waals surface area contributed by atoms with Gasteiger partial charge in [-0.25, -0.2) is 0 Å². The lowest BCUT2D eigenvalue weighted by atomic mass is 9.33. The van der Waals surface area contributed by atoms with Gasteiger partial charge in [0.25, 0.3) is 0 Å². The van der Waals surface area contributed by atoms with E-state index in [4.69, 9.17) is 15.2 Å². The van der Waals surface area contributed by atoms with Crippen molar-refractivity contribution >= 4 is 17.7 Å². The molecule has 5 aliphatic rings. The topological polar surface area (TPSA) is 95.7 Å². The van der Waals surface area contributed by atoms with Crippen molar-refractivity contribution in [2.75, 3.05) is 13.2 Å². The van der Waals surface area contributed by atoms with Crippen LogP contribution in [0.25, 0.3) is 0 Å². The Morgan fingerprint density at radius 2 is 1.68 bits per heavy atom. The van der Waals surface area contributed by atoms with Gasteiger partial charge >= 0.3 is 11.9 Å². The number of ether oxygens (including phenoxy) is 2. The van der Waals surface area contributed by atoms with Crippen molar-refractivity contribution in [3.63, 3.8) is 0 Å². The van der Waals surface area contributed by atoms with Crippen LogP contribution in [0.4, 0.5) is 0 Å². The van der Waals surface area contributed by atoms with Crippen LogP contribution in [0, 0.1) is 56.7 Å². The van der Waals surface area contributed by atoms with Crippen LogP contribution in [0.15, 0.2) is 11.6 Å². The Kier molecular flexibility index (Phi) is 7.20. The fourth-order valence-corrected chi connectivity index (χ4v) is 11.3. The molecule has 4 fully saturated rings. The third-order valence-corrected chi connectivity index (χ3v) is 13.8. The van der Waals surface area contributed by atoms with Crippen molar-refractivity contribution in [2.24, 2.45) is 62.4 Å². The number of allylic oxidation sites excluding steroid dienone is 2. The number of fused-ring (bicyclic) bond motifs is 7. The first-order valence-corrected chi connectivity index (χ1v) is 15.9. The molecule has 3 unspecified atom stereocenters. The molecule has 40 heavy (non-hydrogen) atoms. The largest absolute Gasteiger partial charge is 0.464 e. The molecule has 0 aromatic carbocycles. The first-order chi connectivity index (χ1) is 18.6. The minimum atomic E-state index is -1.03. The number of rotatable bonds is 4. The first-order valence-electron chi connectivity index (χ1n) is 15.9. The summed E-state index contributed by atoms with van der Waals surface area (Å²) < 4.78 is 11.5. The molecule has 0 aromatic heterocycles. The second-order valence-corrected chi connectivity index (χ2v) is 15.6. The molecule has 0 spiro atoms. The van der Waals surface area contributed by atoms with Crippen molar-refractivity contribution in [1.29, 1.82) is 0 Å². The predicted octanol–water partition coefficient (Wildman–Crippen LogP) is 6.26. The van der Waals surface area contributed by atoms with E-state index in [-0.39, 0.29) is 59.0 Å². The maximum absolute atomic E-state index is 14.6. The van der Waals surface area contributed by atoms with Gasteiger partial charge in [0.2, 0.25) is 0 Å². The van der Waals surface area contributed by atoms with Crippen molar-refractivity contribution < 1.29 is 23.9 Å². The summed E-state index contributed by atoms with van der Waals surface area (Å²) in [5, 5.41) is 0. The van der Waals surface area contributed by atoms with Crippen LogP contribution in [-0.2, 0) is 23.9 Å². The molecular weight excluding hydrogens is 502 g/mol. The molecule has 4 saturated carbocycles. The second-order valence-electron chi connectivity index (χ2n) is 15.6. The summed E-state index contributed by atoms with van der Waals surface area (Å²) in [6.07, 6.45) is 9.32. The summed E-state index contributed by atoms with van der Waals surface area (Å²) in [4.78, 5) is 40.5. The minimum Gasteiger partial charge on any atom is -0.464 e. The predicted molar refractivity (Wildman–Crippen MR) is 155 cm³/mol. The molecule has 5 aliphatic carbocycles. The number of carbonyl (C=O) groups excluding carboxylic acids is 3. The standard InChI is InChI=1S/C34H53NO5/c1-20-9-12-30(4)15-16-32(6)23(27(30)21(20)2)19-24(37)28-31(5)13-11-26(40-22(3)36)34(8,29(38)39-18-17-35)25(31)10-14-33(28,32)7/h19-21,25-28H,9-18,35H2,1-8H3/t20-,21+,25?,26-,27?,28?,30-,31+,32-,33-,34-/m1/s1. The highest BCUT2D eigenvalue weighted by atomic mass is 16.6. The van der Waals surface area contributed by atoms with Gasteiger partial charge in [0.1, 0.15) is 18.1 Å². The van der Waals surface area contributed by atoms with E-state index in [0.29, 0.717) is 24.2 Å². The lowest BCUT2D eigenvalue weighted by Gasteiger charge is -2.70. The summed E-state index contributed by atoms with van der Waals surface area (Å²) in [6.45, 7) is 18.1. The monoisotopic (exact) mass is 555 g/mol. The maximum atomic E-state index is 14.6. The van der Waals surface area contributed by atoms with Crippen LogP contribution in [0.2, 0.25) is 0 Å². The molecule has 0 amide bonds. The molecule has 0 aliphatic heterocycles. The SMILES string of the molecule is CC(=O)O[C@@H]1CC[C@@]2(C)C(CC[C@]3(C)C2C(=O)C=C2C4[C@@H](C)[C@H](C)CC[C@]4(C)CC[C@]23C)[C@@]1(C)C(=O)OCCN. The van der Waals surface area contributed by atoms with Crippen LogP contribution in [0.3, 0.4) is 0 Å². The summed E-state index contributed by atoms with van der Waals surface area (Å²) in [5.41, 5.74) is 5.67. The second kappa shape index (κ2) is 9.67. The molecule has 0 saturated heterocycles.